The van der Waals surface area contributed by atoms with E-state index in [1.807, 2.05) is 48.5 Å². The SMILES string of the molecule is Clc1ccc([C@@]2(CBr)OC[C@@H](c3ccc(Br)cc3)O2)cc1. The molecule has 0 aromatic heterocycles. The van der Waals surface area contributed by atoms with E-state index in [0.29, 0.717) is 17.0 Å². The van der Waals surface area contributed by atoms with Gasteiger partial charge in [-0.25, -0.2) is 0 Å². The van der Waals surface area contributed by atoms with Gasteiger partial charge in [0, 0.05) is 15.1 Å². The average molecular weight is 433 g/mol. The first-order valence-electron chi connectivity index (χ1n) is 6.52. The van der Waals surface area contributed by atoms with Gasteiger partial charge < -0.3 is 9.47 Å². The van der Waals surface area contributed by atoms with Gasteiger partial charge in [0.05, 0.1) is 11.9 Å². The summed E-state index contributed by atoms with van der Waals surface area (Å²) < 4.78 is 13.3. The van der Waals surface area contributed by atoms with Crippen molar-refractivity contribution < 1.29 is 9.47 Å². The van der Waals surface area contributed by atoms with Crippen molar-refractivity contribution in [3.63, 3.8) is 0 Å². The lowest BCUT2D eigenvalue weighted by molar-refractivity contribution is -0.157. The molecule has 0 radical (unpaired) electrons. The Morgan fingerprint density at radius 2 is 1.76 bits per heavy atom. The first-order chi connectivity index (χ1) is 10.1. The second kappa shape index (κ2) is 6.39. The first-order valence-corrected chi connectivity index (χ1v) is 8.81. The first kappa shape index (κ1) is 15.5. The highest BCUT2D eigenvalue weighted by Crippen LogP contribution is 2.42. The van der Waals surface area contributed by atoms with Crippen LogP contribution in [0.5, 0.6) is 0 Å². The number of ether oxygens (including phenoxy) is 2. The van der Waals surface area contributed by atoms with Crippen LogP contribution in [0.2, 0.25) is 5.02 Å². The Hall–Kier alpha value is -0.390. The van der Waals surface area contributed by atoms with E-state index >= 15 is 0 Å². The third-order valence-electron chi connectivity index (χ3n) is 3.50. The van der Waals surface area contributed by atoms with Gasteiger partial charge in [0.15, 0.2) is 0 Å². The van der Waals surface area contributed by atoms with Crippen molar-refractivity contribution in [1.29, 1.82) is 0 Å². The van der Waals surface area contributed by atoms with Gasteiger partial charge in [-0.3, -0.25) is 0 Å². The summed E-state index contributed by atoms with van der Waals surface area (Å²) in [6, 6.07) is 15.7. The minimum atomic E-state index is -0.762. The maximum atomic E-state index is 6.22. The van der Waals surface area contributed by atoms with Gasteiger partial charge in [-0.1, -0.05) is 67.7 Å². The topological polar surface area (TPSA) is 18.5 Å². The van der Waals surface area contributed by atoms with Gasteiger partial charge in [0.2, 0.25) is 5.79 Å². The van der Waals surface area contributed by atoms with E-state index in [1.165, 1.54) is 0 Å². The third-order valence-corrected chi connectivity index (χ3v) is 5.02. The van der Waals surface area contributed by atoms with Gasteiger partial charge in [0.1, 0.15) is 6.10 Å². The summed E-state index contributed by atoms with van der Waals surface area (Å²) in [6.45, 7) is 0.524. The van der Waals surface area contributed by atoms with E-state index in [4.69, 9.17) is 21.1 Å². The van der Waals surface area contributed by atoms with Crippen LogP contribution in [-0.2, 0) is 15.3 Å². The summed E-state index contributed by atoms with van der Waals surface area (Å²) in [6.07, 6.45) is -0.0775. The van der Waals surface area contributed by atoms with Crippen molar-refractivity contribution >= 4 is 43.5 Å². The molecule has 0 bridgehead atoms. The van der Waals surface area contributed by atoms with Gasteiger partial charge in [-0.05, 0) is 29.8 Å². The van der Waals surface area contributed by atoms with E-state index in [0.717, 1.165) is 15.6 Å². The van der Waals surface area contributed by atoms with Crippen molar-refractivity contribution in [2.75, 3.05) is 11.9 Å². The molecule has 3 rings (SSSR count). The Labute approximate surface area is 145 Å². The van der Waals surface area contributed by atoms with Crippen molar-refractivity contribution in [2.45, 2.75) is 11.9 Å². The highest BCUT2D eigenvalue weighted by Gasteiger charge is 2.42. The van der Waals surface area contributed by atoms with Crippen LogP contribution in [0, 0.1) is 0 Å². The smallest absolute Gasteiger partial charge is 0.205 e. The van der Waals surface area contributed by atoms with Gasteiger partial charge in [-0.15, -0.1) is 0 Å². The van der Waals surface area contributed by atoms with Crippen LogP contribution in [-0.4, -0.2) is 11.9 Å². The second-order valence-corrected chi connectivity index (χ2v) is 6.78. The quantitative estimate of drug-likeness (QED) is 0.602. The fourth-order valence-electron chi connectivity index (χ4n) is 2.35. The third kappa shape index (κ3) is 3.20. The summed E-state index contributed by atoms with van der Waals surface area (Å²) in [7, 11) is 0. The summed E-state index contributed by atoms with van der Waals surface area (Å²) >= 11 is 12.9. The number of hydrogen-bond donors (Lipinski definition) is 0. The van der Waals surface area contributed by atoms with E-state index < -0.39 is 5.79 Å². The van der Waals surface area contributed by atoms with Crippen molar-refractivity contribution in [2.24, 2.45) is 0 Å². The molecule has 2 aromatic rings. The highest BCUT2D eigenvalue weighted by atomic mass is 79.9. The molecule has 110 valence electrons. The fourth-order valence-corrected chi connectivity index (χ4v) is 3.36. The molecule has 0 amide bonds. The molecule has 1 fully saturated rings. The summed E-state index contributed by atoms with van der Waals surface area (Å²) in [5.41, 5.74) is 2.07. The largest absolute Gasteiger partial charge is 0.342 e. The molecular weight excluding hydrogens is 419 g/mol. The predicted molar refractivity (Wildman–Crippen MR) is 90.8 cm³/mol. The molecular formula is C16H13Br2ClO2. The lowest BCUT2D eigenvalue weighted by atomic mass is 10.1. The van der Waals surface area contributed by atoms with E-state index in [9.17, 15) is 0 Å². The Morgan fingerprint density at radius 3 is 2.38 bits per heavy atom. The number of rotatable bonds is 3. The maximum Gasteiger partial charge on any atom is 0.205 e. The monoisotopic (exact) mass is 430 g/mol. The zero-order valence-corrected chi connectivity index (χ0v) is 15.0. The highest BCUT2D eigenvalue weighted by molar-refractivity contribution is 9.10. The van der Waals surface area contributed by atoms with Gasteiger partial charge >= 0.3 is 0 Å². The summed E-state index contributed by atoms with van der Waals surface area (Å²) in [5, 5.41) is 1.26. The molecule has 1 heterocycles. The fraction of sp³-hybridized carbons (Fsp3) is 0.250. The van der Waals surface area contributed by atoms with E-state index in [-0.39, 0.29) is 6.10 Å². The van der Waals surface area contributed by atoms with Crippen LogP contribution in [0.15, 0.2) is 53.0 Å². The molecule has 0 saturated carbocycles. The van der Waals surface area contributed by atoms with Crippen molar-refractivity contribution in [3.8, 4) is 0 Å². The van der Waals surface area contributed by atoms with Crippen LogP contribution in [0.4, 0.5) is 0 Å². The van der Waals surface area contributed by atoms with Crippen LogP contribution < -0.4 is 0 Å². The van der Waals surface area contributed by atoms with Crippen LogP contribution in [0.1, 0.15) is 17.2 Å². The lowest BCUT2D eigenvalue weighted by Crippen LogP contribution is -2.29. The Morgan fingerprint density at radius 1 is 1.10 bits per heavy atom. The van der Waals surface area contributed by atoms with Crippen LogP contribution in [0.3, 0.4) is 0 Å². The molecule has 0 aliphatic carbocycles. The Balaban J connectivity index is 1.85. The lowest BCUT2D eigenvalue weighted by Gasteiger charge is -2.26. The predicted octanol–water partition coefficient (Wildman–Crippen LogP) is 5.44. The number of hydrogen-bond acceptors (Lipinski definition) is 2. The van der Waals surface area contributed by atoms with Crippen molar-refractivity contribution in [1.82, 2.24) is 0 Å². The molecule has 2 nitrogen and oxygen atoms in total. The number of alkyl halides is 1. The average Bonchev–Trinajstić information content (AvgIpc) is 2.94. The molecule has 0 N–H and O–H groups in total. The molecule has 5 heteroatoms. The van der Waals surface area contributed by atoms with Crippen molar-refractivity contribution in [3.05, 3.63) is 69.2 Å². The molecule has 1 aliphatic heterocycles. The molecule has 2 aromatic carbocycles. The van der Waals surface area contributed by atoms with Crippen LogP contribution in [0.25, 0.3) is 0 Å². The molecule has 0 unspecified atom stereocenters. The molecule has 1 aliphatic rings. The van der Waals surface area contributed by atoms with Gasteiger partial charge in [0.25, 0.3) is 0 Å². The minimum absolute atomic E-state index is 0.0775. The molecule has 2 atom stereocenters. The standard InChI is InChI=1S/C16H13Br2ClO2/c17-10-16(12-3-7-14(19)8-4-12)20-9-15(21-16)11-1-5-13(18)6-2-11/h1-8,15H,9-10H2/t15-,16-/m0/s1. The van der Waals surface area contributed by atoms with Crippen LogP contribution >= 0.6 is 43.5 Å². The Bertz CT molecular complexity index is 615. The molecule has 1 saturated heterocycles. The summed E-state index contributed by atoms with van der Waals surface area (Å²) in [5.74, 6) is -0.762. The van der Waals surface area contributed by atoms with E-state index in [2.05, 4.69) is 31.9 Å². The molecule has 21 heavy (non-hydrogen) atoms. The summed E-state index contributed by atoms with van der Waals surface area (Å²) in [4.78, 5) is 0. The maximum absolute atomic E-state index is 6.22. The van der Waals surface area contributed by atoms with Gasteiger partial charge in [-0.2, -0.15) is 0 Å². The van der Waals surface area contributed by atoms with E-state index in [1.54, 1.807) is 0 Å². The zero-order valence-electron chi connectivity index (χ0n) is 11.1. The zero-order chi connectivity index (χ0) is 14.9. The number of benzene rings is 2. The normalized spacial score (nSPS) is 25.2. The second-order valence-electron chi connectivity index (χ2n) is 4.86. The molecule has 0 spiro atoms. The minimum Gasteiger partial charge on any atom is -0.342 e. The Kier molecular flexibility index (Phi) is 4.71. The number of halogens is 3.